The molecule has 4 nitrogen and oxygen atoms in total. The quantitative estimate of drug-likeness (QED) is 0.503. The summed E-state index contributed by atoms with van der Waals surface area (Å²) in [5.74, 6) is 0.151. The average Bonchev–Trinajstić information content (AvgIpc) is 3.19. The van der Waals surface area contributed by atoms with Crippen LogP contribution in [0.5, 0.6) is 0 Å². The van der Waals surface area contributed by atoms with E-state index in [0.717, 1.165) is 23.9 Å². The first-order chi connectivity index (χ1) is 12.0. The van der Waals surface area contributed by atoms with Crippen LogP contribution in [-0.4, -0.2) is 21.1 Å². The van der Waals surface area contributed by atoms with Crippen LogP contribution in [0.2, 0.25) is 5.02 Å². The van der Waals surface area contributed by atoms with Gasteiger partial charge in [-0.05, 0) is 43.5 Å². The topological polar surface area (TPSA) is 52.0 Å². The van der Waals surface area contributed by atoms with Crippen molar-refractivity contribution in [3.05, 3.63) is 65.7 Å². The van der Waals surface area contributed by atoms with Gasteiger partial charge in [0.25, 0.3) is 0 Å². The molecule has 1 aromatic carbocycles. The number of nitrogens with zero attached hydrogens (tertiary/aromatic N) is 2. The van der Waals surface area contributed by atoms with Crippen molar-refractivity contribution >= 4 is 40.5 Å². The first-order valence-electron chi connectivity index (χ1n) is 7.97. The zero-order valence-corrected chi connectivity index (χ0v) is 15.9. The highest BCUT2D eigenvalue weighted by molar-refractivity contribution is 7.99. The van der Waals surface area contributed by atoms with Gasteiger partial charge < -0.3 is 4.57 Å². The number of rotatable bonds is 4. The van der Waals surface area contributed by atoms with E-state index in [-0.39, 0.29) is 17.0 Å². The van der Waals surface area contributed by atoms with Crippen LogP contribution in [0, 0.1) is 10.0 Å². The molecule has 0 bridgehead atoms. The van der Waals surface area contributed by atoms with E-state index in [2.05, 4.69) is 4.98 Å². The van der Waals surface area contributed by atoms with Crippen molar-refractivity contribution < 1.29 is 4.79 Å². The van der Waals surface area contributed by atoms with Crippen molar-refractivity contribution in [3.8, 4) is 0 Å². The standard InChI is InChI=1S/C18H15ClN2O2S2/c1-21-12-3-2-4-14(12)25-17-15(21)16(23)18(20-17)24-9-13(22)10-5-7-11(19)8-6-10/h5-8H,2-4,9H2,1H3. The summed E-state index contributed by atoms with van der Waals surface area (Å²) in [7, 11) is 1.94. The van der Waals surface area contributed by atoms with Gasteiger partial charge in [0.1, 0.15) is 15.0 Å². The van der Waals surface area contributed by atoms with Crippen LogP contribution in [0.1, 0.15) is 27.3 Å². The van der Waals surface area contributed by atoms with Crippen LogP contribution in [0.25, 0.3) is 0 Å². The molecule has 4 rings (SSSR count). The predicted octanol–water partition coefficient (Wildman–Crippen LogP) is 3.68. The third-order valence-corrected chi connectivity index (χ3v) is 6.79. The lowest BCUT2D eigenvalue weighted by atomic mass is 10.1. The van der Waals surface area contributed by atoms with Crippen LogP contribution in [0.4, 0.5) is 0 Å². The fourth-order valence-corrected chi connectivity index (χ4v) is 5.43. The van der Waals surface area contributed by atoms with Crippen molar-refractivity contribution in [2.75, 3.05) is 5.75 Å². The van der Waals surface area contributed by atoms with E-state index in [1.807, 2.05) is 11.6 Å². The summed E-state index contributed by atoms with van der Waals surface area (Å²) in [6.45, 7) is 0. The fourth-order valence-electron chi connectivity index (χ4n) is 3.13. The molecule has 0 unspecified atom stereocenters. The van der Waals surface area contributed by atoms with Crippen LogP contribution in [-0.2, 0) is 19.9 Å². The number of hydrogen-bond acceptors (Lipinski definition) is 5. The van der Waals surface area contributed by atoms with Gasteiger partial charge in [0.2, 0.25) is 5.43 Å². The number of hydrogen-bond donors (Lipinski definition) is 0. The molecule has 2 heterocycles. The zero-order valence-electron chi connectivity index (χ0n) is 13.5. The van der Waals surface area contributed by atoms with Gasteiger partial charge in [0, 0.05) is 28.2 Å². The molecular formula is C18H15ClN2O2S2. The molecule has 25 heavy (non-hydrogen) atoms. The molecule has 0 N–H and O–H groups in total. The number of ketones is 1. The van der Waals surface area contributed by atoms with Crippen molar-refractivity contribution in [1.82, 2.24) is 9.55 Å². The van der Waals surface area contributed by atoms with E-state index in [1.54, 1.807) is 35.6 Å². The Hall–Kier alpha value is -1.63. The molecular weight excluding hydrogens is 376 g/mol. The largest absolute Gasteiger partial charge is 0.341 e. The molecule has 2 aliphatic heterocycles. The molecule has 7 heteroatoms. The highest BCUT2D eigenvalue weighted by Gasteiger charge is 2.20. The molecule has 0 spiro atoms. The number of thioether (sulfide) groups is 1. The van der Waals surface area contributed by atoms with E-state index >= 15 is 0 Å². The van der Waals surface area contributed by atoms with Crippen LogP contribution < -0.4 is 5.43 Å². The zero-order chi connectivity index (χ0) is 17.6. The number of aromatic nitrogens is 2. The maximum absolute atomic E-state index is 12.7. The molecule has 0 atom stereocenters. The first-order valence-corrected chi connectivity index (χ1v) is 10.2. The van der Waals surface area contributed by atoms with Gasteiger partial charge in [-0.1, -0.05) is 23.4 Å². The summed E-state index contributed by atoms with van der Waals surface area (Å²) < 4.78 is 2.77. The van der Waals surface area contributed by atoms with E-state index in [9.17, 15) is 9.59 Å². The minimum absolute atomic E-state index is 0.0383. The second kappa shape index (κ2) is 6.59. The Balaban J connectivity index is 1.62. The van der Waals surface area contributed by atoms with E-state index in [4.69, 9.17) is 11.6 Å². The number of carbonyl (C=O) groups excluding carboxylic acids is 1. The summed E-state index contributed by atoms with van der Waals surface area (Å²) in [6.07, 6.45) is 3.21. The highest BCUT2D eigenvalue weighted by Crippen LogP contribution is 2.26. The molecule has 0 saturated heterocycles. The maximum Gasteiger partial charge on any atom is 0.237 e. The van der Waals surface area contributed by atoms with Crippen molar-refractivity contribution in [3.63, 3.8) is 0 Å². The normalized spacial score (nSPS) is 13.4. The van der Waals surface area contributed by atoms with Crippen LogP contribution in [0.15, 0.2) is 34.1 Å². The number of fused-ring (bicyclic) bond motifs is 1. The molecule has 0 aromatic heterocycles. The Bertz CT molecular complexity index is 1090. The third-order valence-electron chi connectivity index (χ3n) is 4.42. The van der Waals surface area contributed by atoms with Gasteiger partial charge in [-0.3, -0.25) is 9.59 Å². The molecule has 0 radical (unpaired) electrons. The monoisotopic (exact) mass is 390 g/mol. The van der Waals surface area contributed by atoms with Gasteiger partial charge in [-0.2, -0.15) is 0 Å². The lowest BCUT2D eigenvalue weighted by Crippen LogP contribution is -2.11. The summed E-state index contributed by atoms with van der Waals surface area (Å²) >= 11 is 8.67. The second-order valence-corrected chi connectivity index (χ2v) is 8.49. The van der Waals surface area contributed by atoms with Crippen LogP contribution >= 0.6 is 34.7 Å². The summed E-state index contributed by atoms with van der Waals surface area (Å²) in [5.41, 5.74) is 1.76. The number of halogens is 1. The Labute approximate surface area is 157 Å². The molecule has 0 amide bonds. The number of Topliss-reactive ketones (excluding diaryl/α,β-unsaturated/α-hetero) is 1. The molecule has 3 aliphatic rings. The minimum Gasteiger partial charge on any atom is -0.341 e. The fraction of sp³-hybridized carbons (Fsp3) is 0.278. The van der Waals surface area contributed by atoms with Gasteiger partial charge >= 0.3 is 0 Å². The van der Waals surface area contributed by atoms with Gasteiger partial charge in [-0.15, -0.1) is 11.3 Å². The Morgan fingerprint density at radius 2 is 2.08 bits per heavy atom. The van der Waals surface area contributed by atoms with Gasteiger partial charge in [-0.25, -0.2) is 4.98 Å². The van der Waals surface area contributed by atoms with Gasteiger partial charge in [0.15, 0.2) is 5.78 Å². The van der Waals surface area contributed by atoms with Crippen molar-refractivity contribution in [2.24, 2.45) is 7.05 Å². The highest BCUT2D eigenvalue weighted by atomic mass is 35.5. The molecule has 0 fully saturated rings. The van der Waals surface area contributed by atoms with E-state index in [1.165, 1.54) is 22.3 Å². The molecule has 1 aliphatic carbocycles. The number of aryl methyl sites for hydroxylation is 1. The van der Waals surface area contributed by atoms with Crippen LogP contribution in [0.3, 0.4) is 0 Å². The number of benzene rings is 1. The van der Waals surface area contributed by atoms with Gasteiger partial charge in [0.05, 0.1) is 5.75 Å². The predicted molar refractivity (Wildman–Crippen MR) is 101 cm³/mol. The Morgan fingerprint density at radius 1 is 1.32 bits per heavy atom. The first kappa shape index (κ1) is 16.8. The van der Waals surface area contributed by atoms with E-state index < -0.39 is 0 Å². The van der Waals surface area contributed by atoms with Crippen molar-refractivity contribution in [2.45, 2.75) is 24.3 Å². The minimum atomic E-state index is -0.0719. The van der Waals surface area contributed by atoms with E-state index in [0.29, 0.717) is 21.0 Å². The Morgan fingerprint density at radius 3 is 2.84 bits per heavy atom. The van der Waals surface area contributed by atoms with Crippen molar-refractivity contribution in [1.29, 1.82) is 0 Å². The summed E-state index contributed by atoms with van der Waals surface area (Å²) in [4.78, 5) is 30.8. The third kappa shape index (κ3) is 3.03. The lowest BCUT2D eigenvalue weighted by Gasteiger charge is -2.05. The number of carbonyl (C=O) groups is 1. The summed E-state index contributed by atoms with van der Waals surface area (Å²) in [6, 6.07) is 6.78. The SMILES string of the molecule is Cn1c2c(sc3nc(SCC(=O)c4ccc(Cl)cc4)c(=O)c1=3)CCC2. The molecule has 0 saturated carbocycles. The lowest BCUT2D eigenvalue weighted by molar-refractivity contribution is 0.102. The second-order valence-electron chi connectivity index (χ2n) is 6.00. The maximum atomic E-state index is 12.7. The molecule has 128 valence electrons. The Kier molecular flexibility index (Phi) is 4.43. The smallest absolute Gasteiger partial charge is 0.237 e. The summed E-state index contributed by atoms with van der Waals surface area (Å²) in [5, 5.41) is 1.66. The molecule has 1 aromatic rings. The average molecular weight is 391 g/mol.